The monoisotopic (exact) mass is 401 g/mol. The summed E-state index contributed by atoms with van der Waals surface area (Å²) in [6, 6.07) is 8.13. The van der Waals surface area contributed by atoms with Gasteiger partial charge >= 0.3 is 6.09 Å². The molecule has 1 unspecified atom stereocenters. The Morgan fingerprint density at radius 3 is 2.48 bits per heavy atom. The number of ether oxygens (including phenoxy) is 1. The Morgan fingerprint density at radius 2 is 1.79 bits per heavy atom. The number of fused-ring (bicyclic) bond motifs is 1. The lowest BCUT2D eigenvalue weighted by atomic mass is 9.94. The molecular weight excluding hydrogens is 366 g/mol. The summed E-state index contributed by atoms with van der Waals surface area (Å²) in [6.07, 6.45) is 2.14. The first-order valence-corrected chi connectivity index (χ1v) is 10.7. The minimum absolute atomic E-state index is 0.0844. The van der Waals surface area contributed by atoms with Crippen LogP contribution in [0.3, 0.4) is 0 Å². The fourth-order valence-corrected chi connectivity index (χ4v) is 4.12. The molecule has 0 spiro atoms. The van der Waals surface area contributed by atoms with Crippen LogP contribution in [0.15, 0.2) is 24.3 Å². The number of hydrogen-bond donors (Lipinski definition) is 1. The van der Waals surface area contributed by atoms with Crippen LogP contribution in [-0.2, 0) is 22.5 Å². The molecule has 2 aliphatic heterocycles. The number of nitrogens with zero attached hydrogens (tertiary/aromatic N) is 2. The van der Waals surface area contributed by atoms with Crippen molar-refractivity contribution in [3.8, 4) is 0 Å². The summed E-state index contributed by atoms with van der Waals surface area (Å²) < 4.78 is 5.47. The highest BCUT2D eigenvalue weighted by Crippen LogP contribution is 2.25. The summed E-state index contributed by atoms with van der Waals surface area (Å²) >= 11 is 0. The summed E-state index contributed by atoms with van der Waals surface area (Å²) in [5.41, 5.74) is 2.05. The Labute approximate surface area is 174 Å². The van der Waals surface area contributed by atoms with E-state index in [0.717, 1.165) is 25.9 Å². The molecule has 29 heavy (non-hydrogen) atoms. The second-order valence-electron chi connectivity index (χ2n) is 9.80. The van der Waals surface area contributed by atoms with E-state index in [2.05, 4.69) is 48.3 Å². The second kappa shape index (κ2) is 8.34. The first-order chi connectivity index (χ1) is 13.6. The quantitative estimate of drug-likeness (QED) is 0.841. The van der Waals surface area contributed by atoms with Gasteiger partial charge in [-0.3, -0.25) is 14.6 Å². The average Bonchev–Trinajstić information content (AvgIpc) is 3.14. The Bertz CT molecular complexity index is 754. The molecular formula is C23H35N3O3. The highest BCUT2D eigenvalue weighted by molar-refractivity contribution is 5.86. The molecule has 1 fully saturated rings. The zero-order valence-corrected chi connectivity index (χ0v) is 18.5. The molecule has 1 saturated heterocycles. The van der Waals surface area contributed by atoms with Crippen LogP contribution < -0.4 is 5.32 Å². The molecule has 2 aliphatic rings. The average molecular weight is 402 g/mol. The predicted molar refractivity (Wildman–Crippen MR) is 114 cm³/mol. The minimum atomic E-state index is -0.562. The van der Waals surface area contributed by atoms with Gasteiger partial charge in [-0.2, -0.15) is 0 Å². The van der Waals surface area contributed by atoms with E-state index in [9.17, 15) is 9.59 Å². The Balaban J connectivity index is 1.57. The van der Waals surface area contributed by atoms with E-state index in [4.69, 9.17) is 4.74 Å². The van der Waals surface area contributed by atoms with Crippen molar-refractivity contribution in [2.24, 2.45) is 0 Å². The number of rotatable bonds is 4. The number of likely N-dealkylation sites (tertiary alicyclic amines) is 1. The molecule has 0 aromatic heterocycles. The number of hydrogen-bond acceptors (Lipinski definition) is 4. The molecule has 1 aromatic rings. The van der Waals surface area contributed by atoms with E-state index in [1.165, 1.54) is 11.1 Å². The van der Waals surface area contributed by atoms with Crippen molar-refractivity contribution in [2.45, 2.75) is 77.6 Å². The lowest BCUT2D eigenvalue weighted by molar-refractivity contribution is -0.126. The topological polar surface area (TPSA) is 61.9 Å². The van der Waals surface area contributed by atoms with Crippen molar-refractivity contribution in [3.05, 3.63) is 35.4 Å². The van der Waals surface area contributed by atoms with Crippen molar-refractivity contribution in [2.75, 3.05) is 19.6 Å². The fraction of sp³-hybridized carbons (Fsp3) is 0.652. The van der Waals surface area contributed by atoms with Crippen LogP contribution in [0.2, 0.25) is 0 Å². The summed E-state index contributed by atoms with van der Waals surface area (Å²) in [4.78, 5) is 29.3. The zero-order valence-electron chi connectivity index (χ0n) is 18.5. The SMILES string of the molecule is CC(C)(C)OC(=O)N1CCCC1C(=O)NCC(C)(C)N1CCc2ccccc2C1. The van der Waals surface area contributed by atoms with Crippen LogP contribution in [0.4, 0.5) is 4.79 Å². The first-order valence-electron chi connectivity index (χ1n) is 10.7. The third kappa shape index (κ3) is 5.30. The lowest BCUT2D eigenvalue weighted by Gasteiger charge is -2.42. The summed E-state index contributed by atoms with van der Waals surface area (Å²) in [6.45, 7) is 12.9. The van der Waals surface area contributed by atoms with E-state index >= 15 is 0 Å². The largest absolute Gasteiger partial charge is 0.444 e. The van der Waals surface area contributed by atoms with Crippen LogP contribution in [-0.4, -0.2) is 58.6 Å². The molecule has 0 aliphatic carbocycles. The molecule has 2 amide bonds. The maximum Gasteiger partial charge on any atom is 0.410 e. The number of nitrogens with one attached hydrogen (secondary N) is 1. The number of carbonyl (C=O) groups is 2. The van der Waals surface area contributed by atoms with Crippen molar-refractivity contribution < 1.29 is 14.3 Å². The van der Waals surface area contributed by atoms with Crippen LogP contribution in [0.25, 0.3) is 0 Å². The number of carbonyl (C=O) groups excluding carboxylic acids is 2. The molecule has 6 heteroatoms. The zero-order chi connectivity index (χ0) is 21.2. The molecule has 0 radical (unpaired) electrons. The van der Waals surface area contributed by atoms with Gasteiger partial charge in [0.05, 0.1) is 0 Å². The smallest absolute Gasteiger partial charge is 0.410 e. The van der Waals surface area contributed by atoms with Gasteiger partial charge in [0.25, 0.3) is 0 Å². The second-order valence-corrected chi connectivity index (χ2v) is 9.80. The molecule has 0 bridgehead atoms. The van der Waals surface area contributed by atoms with Gasteiger partial charge in [0.15, 0.2) is 0 Å². The fourth-order valence-electron chi connectivity index (χ4n) is 4.12. The molecule has 0 saturated carbocycles. The Kier molecular flexibility index (Phi) is 6.22. The lowest BCUT2D eigenvalue weighted by Crippen LogP contribution is -2.55. The van der Waals surface area contributed by atoms with Gasteiger partial charge in [0, 0.05) is 31.7 Å². The summed E-state index contributed by atoms with van der Waals surface area (Å²) in [5, 5.41) is 3.10. The molecule has 6 nitrogen and oxygen atoms in total. The molecule has 160 valence electrons. The maximum absolute atomic E-state index is 12.9. The third-order valence-corrected chi connectivity index (χ3v) is 5.87. The van der Waals surface area contributed by atoms with Crippen molar-refractivity contribution in [1.29, 1.82) is 0 Å². The number of benzene rings is 1. The first kappa shape index (κ1) is 21.6. The summed E-state index contributed by atoms with van der Waals surface area (Å²) in [5.74, 6) is -0.0844. The van der Waals surface area contributed by atoms with E-state index < -0.39 is 17.7 Å². The van der Waals surface area contributed by atoms with Crippen LogP contribution in [0.5, 0.6) is 0 Å². The van der Waals surface area contributed by atoms with Gasteiger partial charge in [-0.15, -0.1) is 0 Å². The van der Waals surface area contributed by atoms with Crippen molar-refractivity contribution >= 4 is 12.0 Å². The normalized spacial score (nSPS) is 20.3. The van der Waals surface area contributed by atoms with Crippen molar-refractivity contribution in [1.82, 2.24) is 15.1 Å². The molecule has 2 heterocycles. The Morgan fingerprint density at radius 1 is 1.10 bits per heavy atom. The van der Waals surface area contributed by atoms with Crippen LogP contribution in [0.1, 0.15) is 58.6 Å². The van der Waals surface area contributed by atoms with Gasteiger partial charge in [-0.05, 0) is 65.0 Å². The van der Waals surface area contributed by atoms with E-state index in [-0.39, 0.29) is 11.4 Å². The van der Waals surface area contributed by atoms with Gasteiger partial charge in [0.2, 0.25) is 5.91 Å². The molecule has 1 N–H and O–H groups in total. The molecule has 3 rings (SSSR count). The highest BCUT2D eigenvalue weighted by Gasteiger charge is 2.38. The van der Waals surface area contributed by atoms with Gasteiger partial charge in [-0.25, -0.2) is 4.79 Å². The van der Waals surface area contributed by atoms with E-state index in [1.54, 1.807) is 4.90 Å². The van der Waals surface area contributed by atoms with Crippen LogP contribution in [0, 0.1) is 0 Å². The predicted octanol–water partition coefficient (Wildman–Crippen LogP) is 3.34. The Hall–Kier alpha value is -2.08. The summed E-state index contributed by atoms with van der Waals surface area (Å²) in [7, 11) is 0. The number of amides is 2. The van der Waals surface area contributed by atoms with E-state index in [1.807, 2.05) is 20.8 Å². The maximum atomic E-state index is 12.9. The van der Waals surface area contributed by atoms with Crippen LogP contribution >= 0.6 is 0 Å². The van der Waals surface area contributed by atoms with Crippen molar-refractivity contribution in [3.63, 3.8) is 0 Å². The van der Waals surface area contributed by atoms with Gasteiger partial charge in [0.1, 0.15) is 11.6 Å². The third-order valence-electron chi connectivity index (χ3n) is 5.87. The van der Waals surface area contributed by atoms with Gasteiger partial charge in [-0.1, -0.05) is 24.3 Å². The molecule has 1 atom stereocenters. The highest BCUT2D eigenvalue weighted by atomic mass is 16.6. The van der Waals surface area contributed by atoms with E-state index in [0.29, 0.717) is 19.5 Å². The minimum Gasteiger partial charge on any atom is -0.444 e. The van der Waals surface area contributed by atoms with Gasteiger partial charge < -0.3 is 10.1 Å². The molecule has 1 aromatic carbocycles. The standard InChI is InChI=1S/C23H35N3O3/c1-22(2,3)29-21(28)26-13-8-11-19(26)20(27)24-16-23(4,5)25-14-12-17-9-6-7-10-18(17)15-25/h6-7,9-10,19H,8,11-16H2,1-5H3,(H,24,27).